The monoisotopic (exact) mass is 313 g/mol. The molecule has 0 amide bonds. The molecule has 1 N–H and O–H groups in total. The van der Waals surface area contributed by atoms with Crippen LogP contribution in [-0.4, -0.2) is 37.3 Å². The number of hydrogen-bond donors (Lipinski definition) is 1. The summed E-state index contributed by atoms with van der Waals surface area (Å²) in [6.07, 6.45) is 5.17. The van der Waals surface area contributed by atoms with E-state index in [0.29, 0.717) is 18.9 Å². The van der Waals surface area contributed by atoms with Gasteiger partial charge >= 0.3 is 0 Å². The quantitative estimate of drug-likeness (QED) is 0.721. The van der Waals surface area contributed by atoms with Crippen molar-refractivity contribution in [2.24, 2.45) is 0 Å². The highest BCUT2D eigenvalue weighted by Gasteiger charge is 2.23. The average molecular weight is 313 g/mol. The lowest BCUT2D eigenvalue weighted by Crippen LogP contribution is -2.33. The van der Waals surface area contributed by atoms with Gasteiger partial charge in [-0.2, -0.15) is 4.31 Å². The number of nitrogens with one attached hydrogen (secondary N) is 1. The number of anilines is 1. The maximum atomic E-state index is 12.7. The molecule has 6 heteroatoms. The van der Waals surface area contributed by atoms with Gasteiger partial charge in [-0.25, -0.2) is 13.4 Å². The van der Waals surface area contributed by atoms with Crippen molar-refractivity contribution in [2.75, 3.05) is 25.0 Å². The van der Waals surface area contributed by atoms with Crippen LogP contribution in [0.25, 0.3) is 0 Å². The lowest BCUT2D eigenvalue weighted by Gasteiger charge is -2.21. The molecular formula is C15H27N3O2S. The predicted octanol–water partition coefficient (Wildman–Crippen LogP) is 3.10. The molecule has 0 saturated carbocycles. The second-order valence-electron chi connectivity index (χ2n) is 5.02. The fourth-order valence-electron chi connectivity index (χ4n) is 1.99. The summed E-state index contributed by atoms with van der Waals surface area (Å²) < 4.78 is 26.9. The number of hydrogen-bond acceptors (Lipinski definition) is 4. The largest absolute Gasteiger partial charge is 0.370 e. The third kappa shape index (κ3) is 5.28. The van der Waals surface area contributed by atoms with Gasteiger partial charge in [0.1, 0.15) is 10.7 Å². The Labute approximate surface area is 128 Å². The van der Waals surface area contributed by atoms with Gasteiger partial charge in [-0.1, -0.05) is 26.7 Å². The summed E-state index contributed by atoms with van der Waals surface area (Å²) in [6, 6.07) is 3.35. The molecule has 0 aliphatic heterocycles. The van der Waals surface area contributed by atoms with E-state index in [2.05, 4.69) is 24.1 Å². The molecule has 0 radical (unpaired) electrons. The van der Waals surface area contributed by atoms with Gasteiger partial charge < -0.3 is 5.32 Å². The predicted molar refractivity (Wildman–Crippen MR) is 87.0 cm³/mol. The van der Waals surface area contributed by atoms with E-state index >= 15 is 0 Å². The number of nitrogens with zero attached hydrogens (tertiary/aromatic N) is 2. The molecule has 0 atom stereocenters. The van der Waals surface area contributed by atoms with Crippen LogP contribution >= 0.6 is 0 Å². The first kappa shape index (κ1) is 17.9. The van der Waals surface area contributed by atoms with Gasteiger partial charge in [0.2, 0.25) is 10.0 Å². The van der Waals surface area contributed by atoms with Gasteiger partial charge in [0.15, 0.2) is 0 Å². The molecule has 0 fully saturated rings. The van der Waals surface area contributed by atoms with Crippen molar-refractivity contribution in [3.8, 4) is 0 Å². The van der Waals surface area contributed by atoms with E-state index in [1.807, 2.05) is 6.92 Å². The summed E-state index contributed by atoms with van der Waals surface area (Å²) in [7, 11) is -3.43. The highest BCUT2D eigenvalue weighted by Crippen LogP contribution is 2.17. The van der Waals surface area contributed by atoms with Crippen molar-refractivity contribution in [3.05, 3.63) is 18.3 Å². The van der Waals surface area contributed by atoms with Gasteiger partial charge in [-0.05, 0) is 31.9 Å². The SMILES string of the molecule is CCCCN(CCCC)S(=O)(=O)c1ccc(NCC)nc1. The molecule has 1 aromatic rings. The van der Waals surface area contributed by atoms with Crippen molar-refractivity contribution in [3.63, 3.8) is 0 Å². The topological polar surface area (TPSA) is 62.3 Å². The van der Waals surface area contributed by atoms with Crippen LogP contribution in [0.4, 0.5) is 5.82 Å². The van der Waals surface area contributed by atoms with Crippen LogP contribution < -0.4 is 5.32 Å². The molecule has 0 aliphatic carbocycles. The molecule has 120 valence electrons. The minimum atomic E-state index is -3.43. The van der Waals surface area contributed by atoms with E-state index in [1.165, 1.54) is 6.20 Å². The Bertz CT molecular complexity index is 492. The van der Waals surface area contributed by atoms with Crippen molar-refractivity contribution in [2.45, 2.75) is 51.3 Å². The minimum absolute atomic E-state index is 0.274. The minimum Gasteiger partial charge on any atom is -0.370 e. The number of sulfonamides is 1. The van der Waals surface area contributed by atoms with Crippen molar-refractivity contribution < 1.29 is 8.42 Å². The van der Waals surface area contributed by atoms with E-state index in [9.17, 15) is 8.42 Å². The standard InChI is InChI=1S/C15H27N3O2S/c1-4-7-11-18(12-8-5-2)21(19,20)14-9-10-15(16-6-3)17-13-14/h9-10,13H,4-8,11-12H2,1-3H3,(H,16,17). The van der Waals surface area contributed by atoms with E-state index in [0.717, 1.165) is 32.2 Å². The van der Waals surface area contributed by atoms with Crippen molar-refractivity contribution in [1.29, 1.82) is 0 Å². The summed E-state index contributed by atoms with van der Waals surface area (Å²) in [5, 5.41) is 3.06. The summed E-state index contributed by atoms with van der Waals surface area (Å²) in [4.78, 5) is 4.44. The molecule has 0 spiro atoms. The molecular weight excluding hydrogens is 286 g/mol. The molecule has 0 bridgehead atoms. The van der Waals surface area contributed by atoms with E-state index < -0.39 is 10.0 Å². The molecule has 0 saturated heterocycles. The second kappa shape index (κ2) is 9.00. The van der Waals surface area contributed by atoms with E-state index in [4.69, 9.17) is 0 Å². The zero-order valence-corrected chi connectivity index (χ0v) is 14.1. The van der Waals surface area contributed by atoms with Crippen molar-refractivity contribution in [1.82, 2.24) is 9.29 Å². The maximum Gasteiger partial charge on any atom is 0.244 e. The summed E-state index contributed by atoms with van der Waals surface area (Å²) >= 11 is 0. The maximum absolute atomic E-state index is 12.7. The van der Waals surface area contributed by atoms with Gasteiger partial charge in [-0.15, -0.1) is 0 Å². The lowest BCUT2D eigenvalue weighted by molar-refractivity contribution is 0.395. The van der Waals surface area contributed by atoms with E-state index in [1.54, 1.807) is 16.4 Å². The van der Waals surface area contributed by atoms with Crippen LogP contribution in [0.5, 0.6) is 0 Å². The van der Waals surface area contributed by atoms with Crippen LogP contribution in [0.1, 0.15) is 46.5 Å². The first-order chi connectivity index (χ1) is 10.1. The molecule has 0 aliphatic rings. The fraction of sp³-hybridized carbons (Fsp3) is 0.667. The molecule has 0 unspecified atom stereocenters. The summed E-state index contributed by atoms with van der Waals surface area (Å²) in [5.74, 6) is 0.699. The number of unbranched alkanes of at least 4 members (excludes halogenated alkanes) is 2. The van der Waals surface area contributed by atoms with E-state index in [-0.39, 0.29) is 4.90 Å². The molecule has 1 rings (SSSR count). The zero-order valence-electron chi connectivity index (χ0n) is 13.3. The highest BCUT2D eigenvalue weighted by atomic mass is 32.2. The Kier molecular flexibility index (Phi) is 7.67. The number of rotatable bonds is 10. The molecule has 0 aromatic carbocycles. The number of pyridine rings is 1. The number of aromatic nitrogens is 1. The van der Waals surface area contributed by atoms with Gasteiger partial charge in [0.05, 0.1) is 0 Å². The van der Waals surface area contributed by atoms with Gasteiger partial charge in [0, 0.05) is 25.8 Å². The van der Waals surface area contributed by atoms with Crippen LogP contribution in [-0.2, 0) is 10.0 Å². The molecule has 5 nitrogen and oxygen atoms in total. The van der Waals surface area contributed by atoms with Crippen LogP contribution in [0, 0.1) is 0 Å². The Morgan fingerprint density at radius 1 is 1.10 bits per heavy atom. The summed E-state index contributed by atoms with van der Waals surface area (Å²) in [6.45, 7) is 8.03. The Morgan fingerprint density at radius 3 is 2.14 bits per heavy atom. The normalized spacial score (nSPS) is 11.8. The first-order valence-electron chi connectivity index (χ1n) is 7.76. The Hall–Kier alpha value is -1.14. The molecule has 1 aromatic heterocycles. The molecule has 21 heavy (non-hydrogen) atoms. The second-order valence-corrected chi connectivity index (χ2v) is 6.96. The zero-order chi connectivity index (χ0) is 15.7. The molecule has 1 heterocycles. The first-order valence-corrected chi connectivity index (χ1v) is 9.20. The van der Waals surface area contributed by atoms with Gasteiger partial charge in [-0.3, -0.25) is 0 Å². The Morgan fingerprint density at radius 2 is 1.71 bits per heavy atom. The lowest BCUT2D eigenvalue weighted by atomic mass is 10.3. The smallest absolute Gasteiger partial charge is 0.244 e. The van der Waals surface area contributed by atoms with Crippen LogP contribution in [0.2, 0.25) is 0 Å². The van der Waals surface area contributed by atoms with Crippen LogP contribution in [0.15, 0.2) is 23.2 Å². The highest BCUT2D eigenvalue weighted by molar-refractivity contribution is 7.89. The Balaban J connectivity index is 2.92. The third-order valence-corrected chi connectivity index (χ3v) is 5.14. The van der Waals surface area contributed by atoms with Crippen molar-refractivity contribution >= 4 is 15.8 Å². The third-order valence-electron chi connectivity index (χ3n) is 3.25. The fourth-order valence-corrected chi connectivity index (χ4v) is 3.45. The van der Waals surface area contributed by atoms with Crippen LogP contribution in [0.3, 0.4) is 0 Å². The van der Waals surface area contributed by atoms with Gasteiger partial charge in [0.25, 0.3) is 0 Å². The summed E-state index contributed by atoms with van der Waals surface area (Å²) in [5.41, 5.74) is 0. The average Bonchev–Trinajstić information content (AvgIpc) is 2.48.